The van der Waals surface area contributed by atoms with Gasteiger partial charge in [-0.3, -0.25) is 0 Å². The minimum absolute atomic E-state index is 0.899. The zero-order chi connectivity index (χ0) is 25.2. The molecule has 174 valence electrons. The summed E-state index contributed by atoms with van der Waals surface area (Å²) in [6, 6.07) is 31.0. The summed E-state index contributed by atoms with van der Waals surface area (Å²) < 4.78 is 0. The van der Waals surface area contributed by atoms with E-state index in [1.807, 2.05) is 18.2 Å². The maximum atomic E-state index is 3.31. The predicted molar refractivity (Wildman–Crippen MR) is 159 cm³/mol. The van der Waals surface area contributed by atoms with Gasteiger partial charge in [0.25, 0.3) is 0 Å². The number of hydrogen-bond donors (Lipinski definition) is 0. The molecule has 0 heterocycles. The average Bonchev–Trinajstić information content (AvgIpc) is 2.94. The first-order chi connectivity index (χ1) is 17.6. The monoisotopic (exact) mass is 516 g/mol. The van der Waals surface area contributed by atoms with E-state index in [1.54, 1.807) is 35.3 Å². The second-order valence-corrected chi connectivity index (χ2v) is 10.4. The highest BCUT2D eigenvalue weighted by Gasteiger charge is 1.98. The summed E-state index contributed by atoms with van der Waals surface area (Å²) in [5, 5.41) is 0. The van der Waals surface area contributed by atoms with E-state index in [1.165, 1.54) is 14.7 Å². The van der Waals surface area contributed by atoms with Crippen LogP contribution in [0.1, 0.15) is 33.4 Å². The largest absolute Gasteiger partial charge is 0.130 e. The zero-order valence-corrected chi connectivity index (χ0v) is 22.8. The topological polar surface area (TPSA) is 0 Å². The van der Waals surface area contributed by atoms with E-state index in [0.29, 0.717) is 0 Å². The second-order valence-electron chi connectivity index (χ2n) is 7.73. The second kappa shape index (κ2) is 13.1. The molecule has 0 nitrogen and oxygen atoms in total. The van der Waals surface area contributed by atoms with E-state index in [4.69, 9.17) is 0 Å². The van der Waals surface area contributed by atoms with Gasteiger partial charge in [0.1, 0.15) is 0 Å². The molecule has 0 fully saturated rings. The number of rotatable bonds is 3. The molecule has 36 heavy (non-hydrogen) atoms. The van der Waals surface area contributed by atoms with Crippen molar-refractivity contribution in [3.63, 3.8) is 0 Å². The molecule has 4 aromatic rings. The van der Waals surface area contributed by atoms with Crippen LogP contribution in [-0.4, -0.2) is 18.8 Å². The highest BCUT2D eigenvalue weighted by atomic mass is 32.2. The molecule has 0 aliphatic heterocycles. The molecule has 0 spiro atoms. The molecule has 0 unspecified atom stereocenters. The SMILES string of the molecule is CSc1ccc(C#Cc2cc(C#Cc3ccc(SC)cc3)cc(C#Cc3ccc(SC)cc3)c2)cc1. The summed E-state index contributed by atoms with van der Waals surface area (Å²) in [5.74, 6) is 19.8. The van der Waals surface area contributed by atoms with Crippen molar-refractivity contribution in [2.75, 3.05) is 18.8 Å². The van der Waals surface area contributed by atoms with Crippen LogP contribution in [0.25, 0.3) is 0 Å². The van der Waals surface area contributed by atoms with Gasteiger partial charge in [0.2, 0.25) is 0 Å². The third-order valence-electron chi connectivity index (χ3n) is 5.26. The van der Waals surface area contributed by atoms with Crippen LogP contribution >= 0.6 is 35.3 Å². The Morgan fingerprint density at radius 2 is 0.556 bits per heavy atom. The van der Waals surface area contributed by atoms with Crippen LogP contribution in [0.4, 0.5) is 0 Å². The molecule has 0 atom stereocenters. The zero-order valence-electron chi connectivity index (χ0n) is 20.4. The van der Waals surface area contributed by atoms with Gasteiger partial charge in [0.15, 0.2) is 0 Å². The molecule has 0 bridgehead atoms. The van der Waals surface area contributed by atoms with Crippen LogP contribution in [0.3, 0.4) is 0 Å². The van der Waals surface area contributed by atoms with Crippen molar-refractivity contribution in [2.24, 2.45) is 0 Å². The predicted octanol–water partition coefficient (Wildman–Crippen LogP) is 8.05. The molecule has 4 aromatic carbocycles. The van der Waals surface area contributed by atoms with E-state index in [-0.39, 0.29) is 0 Å². The summed E-state index contributed by atoms with van der Waals surface area (Å²) in [5.41, 5.74) is 5.65. The lowest BCUT2D eigenvalue weighted by molar-refractivity contribution is 1.45. The molecule has 0 saturated carbocycles. The Morgan fingerprint density at radius 3 is 0.778 bits per heavy atom. The first-order valence-corrected chi connectivity index (χ1v) is 15.0. The molecule has 0 aliphatic carbocycles. The molecular formula is C33H24S3. The highest BCUT2D eigenvalue weighted by molar-refractivity contribution is 7.99. The van der Waals surface area contributed by atoms with Crippen molar-refractivity contribution in [3.05, 3.63) is 124 Å². The Labute approximate surface area is 227 Å². The Balaban J connectivity index is 1.67. The van der Waals surface area contributed by atoms with Gasteiger partial charge in [0.05, 0.1) is 0 Å². The third-order valence-corrected chi connectivity index (χ3v) is 7.49. The van der Waals surface area contributed by atoms with Gasteiger partial charge in [-0.25, -0.2) is 0 Å². The van der Waals surface area contributed by atoms with Crippen LogP contribution in [0.5, 0.6) is 0 Å². The van der Waals surface area contributed by atoms with Gasteiger partial charge in [-0.05, 0) is 110 Å². The fraction of sp³-hybridized carbons (Fsp3) is 0.0909. The van der Waals surface area contributed by atoms with Crippen LogP contribution in [0, 0.1) is 35.5 Å². The molecule has 0 amide bonds. The maximum absolute atomic E-state index is 3.31. The number of hydrogen-bond acceptors (Lipinski definition) is 3. The van der Waals surface area contributed by atoms with Crippen molar-refractivity contribution < 1.29 is 0 Å². The Morgan fingerprint density at radius 1 is 0.333 bits per heavy atom. The van der Waals surface area contributed by atoms with Crippen molar-refractivity contribution in [1.82, 2.24) is 0 Å². The third kappa shape index (κ3) is 7.55. The molecule has 0 N–H and O–H groups in total. The van der Waals surface area contributed by atoms with Gasteiger partial charge >= 0.3 is 0 Å². The lowest BCUT2D eigenvalue weighted by Gasteiger charge is -1.99. The molecule has 0 saturated heterocycles. The van der Waals surface area contributed by atoms with E-state index < -0.39 is 0 Å². The van der Waals surface area contributed by atoms with Crippen molar-refractivity contribution in [2.45, 2.75) is 14.7 Å². The first-order valence-electron chi connectivity index (χ1n) is 11.3. The minimum atomic E-state index is 0.899. The van der Waals surface area contributed by atoms with Crippen LogP contribution in [0.15, 0.2) is 106 Å². The molecule has 0 aliphatic rings. The first kappa shape index (κ1) is 25.7. The van der Waals surface area contributed by atoms with Gasteiger partial charge < -0.3 is 0 Å². The standard InChI is InChI=1S/C33H24S3/c1-34-31-16-10-25(11-17-31)4-7-28-22-29(8-5-26-12-18-32(35-2)19-13-26)24-30(23-28)9-6-27-14-20-33(36-3)21-15-27/h10-24H,1-3H3. The smallest absolute Gasteiger partial charge is 0.0273 e. The van der Waals surface area contributed by atoms with Crippen molar-refractivity contribution >= 4 is 35.3 Å². The quantitative estimate of drug-likeness (QED) is 0.200. The number of benzene rings is 4. The molecule has 0 radical (unpaired) electrons. The fourth-order valence-electron chi connectivity index (χ4n) is 3.30. The van der Waals surface area contributed by atoms with Gasteiger partial charge in [0, 0.05) is 48.1 Å². The lowest BCUT2D eigenvalue weighted by Crippen LogP contribution is -1.86. The average molecular weight is 517 g/mol. The minimum Gasteiger partial charge on any atom is -0.130 e. The van der Waals surface area contributed by atoms with Crippen LogP contribution < -0.4 is 0 Å². The Hall–Kier alpha value is -3.39. The number of thioether (sulfide) groups is 3. The molecule has 3 heteroatoms. The summed E-state index contributed by atoms with van der Waals surface area (Å²) in [6.07, 6.45) is 6.22. The lowest BCUT2D eigenvalue weighted by atomic mass is 10.0. The van der Waals surface area contributed by atoms with Gasteiger partial charge in [-0.1, -0.05) is 35.5 Å². The summed E-state index contributed by atoms with van der Waals surface area (Å²) >= 11 is 5.18. The van der Waals surface area contributed by atoms with Gasteiger partial charge in [-0.15, -0.1) is 35.3 Å². The summed E-state index contributed by atoms with van der Waals surface area (Å²) in [6.45, 7) is 0. The molecular weight excluding hydrogens is 493 g/mol. The molecule has 4 rings (SSSR count). The maximum Gasteiger partial charge on any atom is 0.0273 e. The molecule has 0 aromatic heterocycles. The Kier molecular flexibility index (Phi) is 9.33. The normalized spacial score (nSPS) is 9.75. The van der Waals surface area contributed by atoms with E-state index in [0.717, 1.165) is 33.4 Å². The van der Waals surface area contributed by atoms with Crippen LogP contribution in [-0.2, 0) is 0 Å². The van der Waals surface area contributed by atoms with Crippen molar-refractivity contribution in [1.29, 1.82) is 0 Å². The van der Waals surface area contributed by atoms with E-state index >= 15 is 0 Å². The fourth-order valence-corrected chi connectivity index (χ4v) is 4.52. The van der Waals surface area contributed by atoms with Crippen LogP contribution in [0.2, 0.25) is 0 Å². The summed E-state index contributed by atoms with van der Waals surface area (Å²) in [7, 11) is 0. The van der Waals surface area contributed by atoms with Crippen molar-refractivity contribution in [3.8, 4) is 35.5 Å². The van der Waals surface area contributed by atoms with E-state index in [9.17, 15) is 0 Å². The van der Waals surface area contributed by atoms with E-state index in [2.05, 4.69) is 127 Å². The highest BCUT2D eigenvalue weighted by Crippen LogP contribution is 2.17. The summed E-state index contributed by atoms with van der Waals surface area (Å²) in [4.78, 5) is 3.68. The Bertz CT molecular complexity index is 1310. The van der Waals surface area contributed by atoms with Gasteiger partial charge in [-0.2, -0.15) is 0 Å².